The zero-order valence-electron chi connectivity index (χ0n) is 20.9. The number of carbonyl (C=O) groups excluding carboxylic acids is 1. The number of aromatic nitrogens is 4. The molecule has 0 aliphatic carbocycles. The van der Waals surface area contributed by atoms with E-state index in [2.05, 4.69) is 30.8 Å². The Hall–Kier alpha value is -4.55. The standard InChI is InChI=1S/C25H25F3N6O4/c1-5-37-19-10-16-17(11-18(19)36-4)29-13-30-22(16)38-15-8-6-7-14(9-15)31-23(35)32-21-12-20(33-34-21)24(2,3)25(26,27)28/h6-13H,5H2,1-4H3,(H3,31,32,33,34,35). The molecule has 4 aromatic rings. The molecule has 38 heavy (non-hydrogen) atoms. The van der Waals surface area contributed by atoms with E-state index in [0.717, 1.165) is 19.9 Å². The molecule has 2 amide bonds. The lowest BCUT2D eigenvalue weighted by Crippen LogP contribution is -2.36. The smallest absolute Gasteiger partial charge is 0.399 e. The largest absolute Gasteiger partial charge is 0.493 e. The highest BCUT2D eigenvalue weighted by atomic mass is 19.4. The Morgan fingerprint density at radius 3 is 2.55 bits per heavy atom. The molecule has 0 atom stereocenters. The summed E-state index contributed by atoms with van der Waals surface area (Å²) in [4.78, 5) is 20.9. The third-order valence-corrected chi connectivity index (χ3v) is 5.69. The van der Waals surface area contributed by atoms with Gasteiger partial charge in [-0.2, -0.15) is 18.3 Å². The highest BCUT2D eigenvalue weighted by molar-refractivity contribution is 5.99. The van der Waals surface area contributed by atoms with E-state index in [9.17, 15) is 18.0 Å². The predicted octanol–water partition coefficient (Wildman–Crippen LogP) is 6.04. The van der Waals surface area contributed by atoms with Gasteiger partial charge in [-0.3, -0.25) is 10.4 Å². The molecular weight excluding hydrogens is 505 g/mol. The lowest BCUT2D eigenvalue weighted by molar-refractivity contribution is -0.181. The minimum atomic E-state index is -4.49. The second kappa shape index (κ2) is 10.4. The Morgan fingerprint density at radius 2 is 1.84 bits per heavy atom. The van der Waals surface area contributed by atoms with Crippen molar-refractivity contribution < 1.29 is 32.2 Å². The summed E-state index contributed by atoms with van der Waals surface area (Å²) >= 11 is 0. The van der Waals surface area contributed by atoms with Crippen molar-refractivity contribution >= 4 is 28.4 Å². The van der Waals surface area contributed by atoms with Crippen molar-refractivity contribution in [2.24, 2.45) is 0 Å². The van der Waals surface area contributed by atoms with Crippen LogP contribution in [0.2, 0.25) is 0 Å². The number of carbonyl (C=O) groups is 1. The van der Waals surface area contributed by atoms with Gasteiger partial charge < -0.3 is 19.5 Å². The van der Waals surface area contributed by atoms with Crippen LogP contribution in [0.4, 0.5) is 29.5 Å². The third kappa shape index (κ3) is 5.56. The molecule has 200 valence electrons. The molecule has 2 heterocycles. The van der Waals surface area contributed by atoms with E-state index in [1.54, 1.807) is 36.4 Å². The van der Waals surface area contributed by atoms with Crippen molar-refractivity contribution in [3.8, 4) is 23.1 Å². The number of H-pyrrole nitrogens is 1. The molecule has 2 aromatic heterocycles. The molecule has 0 unspecified atom stereocenters. The summed E-state index contributed by atoms with van der Waals surface area (Å²) in [5, 5.41) is 11.7. The zero-order chi connectivity index (χ0) is 27.5. The predicted molar refractivity (Wildman–Crippen MR) is 134 cm³/mol. The first-order chi connectivity index (χ1) is 18.0. The molecule has 0 saturated heterocycles. The van der Waals surface area contributed by atoms with Gasteiger partial charge in [-0.15, -0.1) is 0 Å². The van der Waals surface area contributed by atoms with Crippen LogP contribution < -0.4 is 24.8 Å². The molecule has 13 heteroatoms. The Balaban J connectivity index is 1.49. The van der Waals surface area contributed by atoms with Gasteiger partial charge in [-0.1, -0.05) is 6.07 Å². The first-order valence-electron chi connectivity index (χ1n) is 11.5. The maximum Gasteiger partial charge on any atom is 0.399 e. The van der Waals surface area contributed by atoms with Crippen LogP contribution in [0.5, 0.6) is 23.1 Å². The maximum atomic E-state index is 13.3. The third-order valence-electron chi connectivity index (χ3n) is 5.69. The molecular formula is C25H25F3N6O4. The van der Waals surface area contributed by atoms with Crippen molar-refractivity contribution in [2.75, 3.05) is 24.4 Å². The average molecular weight is 531 g/mol. The summed E-state index contributed by atoms with van der Waals surface area (Å²) in [6.45, 7) is 4.32. The van der Waals surface area contributed by atoms with Crippen molar-refractivity contribution in [3.63, 3.8) is 0 Å². The molecule has 4 rings (SSSR count). The number of methoxy groups -OCH3 is 1. The number of nitrogens with zero attached hydrogens (tertiary/aromatic N) is 3. The number of urea groups is 1. The van der Waals surface area contributed by atoms with E-state index in [1.807, 2.05) is 6.92 Å². The minimum absolute atomic E-state index is 0.0600. The first kappa shape index (κ1) is 26.5. The molecule has 0 aliphatic heterocycles. The number of hydrogen-bond acceptors (Lipinski definition) is 7. The van der Waals surface area contributed by atoms with Crippen LogP contribution in [-0.4, -0.2) is 46.1 Å². The molecule has 2 aromatic carbocycles. The summed E-state index contributed by atoms with van der Waals surface area (Å²) in [5.74, 6) is 1.60. The molecule has 0 radical (unpaired) electrons. The van der Waals surface area contributed by atoms with Crippen molar-refractivity contribution in [1.82, 2.24) is 20.2 Å². The molecule has 0 spiro atoms. The number of amides is 2. The van der Waals surface area contributed by atoms with E-state index < -0.39 is 17.6 Å². The summed E-state index contributed by atoms with van der Waals surface area (Å²) in [6, 6.07) is 10.4. The van der Waals surface area contributed by atoms with E-state index >= 15 is 0 Å². The quantitative estimate of drug-likeness (QED) is 0.254. The number of alkyl halides is 3. The number of ether oxygens (including phenoxy) is 3. The SMILES string of the molecule is CCOc1cc2c(Oc3cccc(NC(=O)Nc4cc(C(C)(C)C(F)(F)F)[nH]n4)c3)ncnc2cc1OC. The second-order valence-electron chi connectivity index (χ2n) is 8.63. The second-order valence-corrected chi connectivity index (χ2v) is 8.63. The van der Waals surface area contributed by atoms with Crippen molar-refractivity contribution in [2.45, 2.75) is 32.4 Å². The van der Waals surface area contributed by atoms with Gasteiger partial charge in [0.15, 0.2) is 17.3 Å². The molecule has 0 fully saturated rings. The van der Waals surface area contributed by atoms with Crippen molar-refractivity contribution in [1.29, 1.82) is 0 Å². The van der Waals surface area contributed by atoms with E-state index in [0.29, 0.717) is 40.4 Å². The molecule has 0 aliphatic rings. The van der Waals surface area contributed by atoms with Crippen LogP contribution in [0.25, 0.3) is 10.9 Å². The first-order valence-corrected chi connectivity index (χ1v) is 11.5. The molecule has 3 N–H and O–H groups in total. The highest BCUT2D eigenvalue weighted by Crippen LogP contribution is 2.40. The van der Waals surface area contributed by atoms with Crippen LogP contribution in [0.1, 0.15) is 26.5 Å². The lowest BCUT2D eigenvalue weighted by atomic mass is 9.89. The Morgan fingerprint density at radius 1 is 1.05 bits per heavy atom. The van der Waals surface area contributed by atoms with Crippen LogP contribution >= 0.6 is 0 Å². The van der Waals surface area contributed by atoms with Crippen LogP contribution in [0.15, 0.2) is 48.8 Å². The van der Waals surface area contributed by atoms with Crippen molar-refractivity contribution in [3.05, 3.63) is 54.5 Å². The van der Waals surface area contributed by atoms with Crippen LogP contribution in [0.3, 0.4) is 0 Å². The van der Waals surface area contributed by atoms with E-state index in [-0.39, 0.29) is 17.4 Å². The van der Waals surface area contributed by atoms with Crippen LogP contribution in [0, 0.1) is 0 Å². The van der Waals surface area contributed by atoms with E-state index in [4.69, 9.17) is 14.2 Å². The fraction of sp³-hybridized carbons (Fsp3) is 0.280. The number of aromatic amines is 1. The van der Waals surface area contributed by atoms with Gasteiger partial charge in [0.05, 0.1) is 30.3 Å². The summed E-state index contributed by atoms with van der Waals surface area (Å²) in [7, 11) is 1.53. The fourth-order valence-electron chi connectivity index (χ4n) is 3.44. The molecule has 0 saturated carbocycles. The number of rotatable bonds is 8. The maximum absolute atomic E-state index is 13.3. The Kier molecular flexibility index (Phi) is 7.28. The van der Waals surface area contributed by atoms with Crippen LogP contribution in [-0.2, 0) is 5.41 Å². The Bertz CT molecular complexity index is 1450. The zero-order valence-corrected chi connectivity index (χ0v) is 20.9. The molecule has 10 nitrogen and oxygen atoms in total. The number of anilines is 2. The van der Waals surface area contributed by atoms with Gasteiger partial charge >= 0.3 is 12.2 Å². The van der Waals surface area contributed by atoms with Gasteiger partial charge in [0.25, 0.3) is 0 Å². The molecule has 0 bridgehead atoms. The van der Waals surface area contributed by atoms with Gasteiger partial charge in [0.1, 0.15) is 17.5 Å². The topological polar surface area (TPSA) is 123 Å². The lowest BCUT2D eigenvalue weighted by Gasteiger charge is -2.25. The number of fused-ring (bicyclic) bond motifs is 1. The highest BCUT2D eigenvalue weighted by Gasteiger charge is 2.49. The van der Waals surface area contributed by atoms with Gasteiger partial charge in [0, 0.05) is 23.9 Å². The van der Waals surface area contributed by atoms with E-state index in [1.165, 1.54) is 13.4 Å². The average Bonchev–Trinajstić information content (AvgIpc) is 3.33. The minimum Gasteiger partial charge on any atom is -0.493 e. The summed E-state index contributed by atoms with van der Waals surface area (Å²) < 4.78 is 56.8. The van der Waals surface area contributed by atoms with Gasteiger partial charge in [-0.05, 0) is 39.0 Å². The fourth-order valence-corrected chi connectivity index (χ4v) is 3.44. The normalized spacial score (nSPS) is 11.8. The Labute approximate surface area is 215 Å². The summed E-state index contributed by atoms with van der Waals surface area (Å²) in [5.41, 5.74) is -1.41. The number of nitrogens with one attached hydrogen (secondary N) is 3. The van der Waals surface area contributed by atoms with Gasteiger partial charge in [-0.25, -0.2) is 14.8 Å². The number of halogens is 3. The number of benzene rings is 2. The monoisotopic (exact) mass is 530 g/mol. The van der Waals surface area contributed by atoms with Gasteiger partial charge in [0.2, 0.25) is 5.88 Å². The number of hydrogen-bond donors (Lipinski definition) is 3. The summed E-state index contributed by atoms with van der Waals surface area (Å²) in [6.07, 6.45) is -3.14.